The Morgan fingerprint density at radius 1 is 1.03 bits per heavy atom. The maximum atomic E-state index is 12.7. The zero-order valence-corrected chi connectivity index (χ0v) is 18.4. The minimum absolute atomic E-state index is 0.0925. The van der Waals surface area contributed by atoms with Crippen LogP contribution in [-0.4, -0.2) is 46.2 Å². The zero-order valence-electron chi connectivity index (χ0n) is 15.9. The summed E-state index contributed by atoms with van der Waals surface area (Å²) in [6, 6.07) is 12.4. The number of thiophene rings is 1. The van der Waals surface area contributed by atoms with Gasteiger partial charge in [0.05, 0.1) is 22.4 Å². The summed E-state index contributed by atoms with van der Waals surface area (Å²) in [6.45, 7) is 0. The topological polar surface area (TPSA) is 104 Å². The molecular weight excluding hydrogens is 432 g/mol. The molecule has 0 radical (unpaired) electrons. The van der Waals surface area contributed by atoms with Crippen LogP contribution in [0.2, 0.25) is 0 Å². The fourth-order valence-electron chi connectivity index (χ4n) is 2.96. The van der Waals surface area contributed by atoms with Crippen molar-refractivity contribution < 1.29 is 22.0 Å². The van der Waals surface area contributed by atoms with Crippen LogP contribution in [0.5, 0.6) is 0 Å². The monoisotopic (exact) mass is 454 g/mol. The summed E-state index contributed by atoms with van der Waals surface area (Å²) in [5.74, 6) is -0.477. The van der Waals surface area contributed by atoms with Crippen molar-refractivity contribution in [3.63, 3.8) is 0 Å². The molecule has 0 amide bonds. The number of sulfone groups is 1. The molecular formula is C19H22N2O5S3. The van der Waals surface area contributed by atoms with Crippen LogP contribution in [0.4, 0.5) is 0 Å². The molecule has 3 aromatic rings. The van der Waals surface area contributed by atoms with Crippen molar-refractivity contribution in [2.75, 3.05) is 19.8 Å². The molecule has 29 heavy (non-hydrogen) atoms. The molecule has 0 saturated carbocycles. The highest BCUT2D eigenvalue weighted by molar-refractivity contribution is 7.90. The molecule has 0 fully saturated rings. The molecule has 0 bridgehead atoms. The fourth-order valence-corrected chi connectivity index (χ4v) is 6.22. The Labute approximate surface area is 174 Å². The standard InChI is InChI=1S/C19H22N2O5S3/c1-21(2)29(25,26)17-6-4-15(5-7-17)18(20-22)13-28(23,24)12-14-3-8-19-16(11-14)9-10-27-19/h3-11,18,20,22H,12-13H2,1-2H3/t18-/m1/s1. The number of nitrogens with one attached hydrogen (secondary N) is 1. The zero-order chi connectivity index (χ0) is 21.2. The summed E-state index contributed by atoms with van der Waals surface area (Å²) in [4.78, 5) is 0.0925. The first-order valence-corrected chi connectivity index (χ1v) is 12.9. The number of hydrogen-bond donors (Lipinski definition) is 2. The molecule has 0 aliphatic heterocycles. The predicted octanol–water partition coefficient (Wildman–Crippen LogP) is 2.79. The van der Waals surface area contributed by atoms with Crippen molar-refractivity contribution in [1.82, 2.24) is 9.79 Å². The molecule has 1 heterocycles. The summed E-state index contributed by atoms with van der Waals surface area (Å²) in [7, 11) is -4.26. The van der Waals surface area contributed by atoms with E-state index in [0.717, 1.165) is 14.4 Å². The van der Waals surface area contributed by atoms with Gasteiger partial charge in [0.25, 0.3) is 0 Å². The van der Waals surface area contributed by atoms with E-state index in [0.29, 0.717) is 11.1 Å². The Kier molecular flexibility index (Phi) is 6.42. The highest BCUT2D eigenvalue weighted by Gasteiger charge is 2.23. The van der Waals surface area contributed by atoms with Gasteiger partial charge in [0.15, 0.2) is 9.84 Å². The Balaban J connectivity index is 1.77. The van der Waals surface area contributed by atoms with E-state index in [1.54, 1.807) is 17.4 Å². The second-order valence-corrected chi connectivity index (χ2v) is 12.1. The van der Waals surface area contributed by atoms with Crippen molar-refractivity contribution in [2.24, 2.45) is 0 Å². The van der Waals surface area contributed by atoms with Crippen molar-refractivity contribution in [2.45, 2.75) is 16.7 Å². The number of rotatable bonds is 8. The molecule has 2 N–H and O–H groups in total. The van der Waals surface area contributed by atoms with Crippen LogP contribution in [0.25, 0.3) is 10.1 Å². The van der Waals surface area contributed by atoms with Crippen molar-refractivity contribution >= 4 is 41.3 Å². The average Bonchev–Trinajstić information content (AvgIpc) is 3.13. The molecule has 2 aromatic carbocycles. The number of nitrogens with zero attached hydrogens (tertiary/aromatic N) is 1. The highest BCUT2D eigenvalue weighted by Crippen LogP contribution is 2.24. The molecule has 10 heteroatoms. The van der Waals surface area contributed by atoms with E-state index >= 15 is 0 Å². The minimum Gasteiger partial charge on any atom is -0.316 e. The largest absolute Gasteiger partial charge is 0.316 e. The third kappa shape index (κ3) is 5.03. The normalized spacial score (nSPS) is 13.8. The molecule has 0 saturated heterocycles. The second kappa shape index (κ2) is 8.50. The minimum atomic E-state index is -3.58. The van der Waals surface area contributed by atoms with Gasteiger partial charge in [-0.3, -0.25) is 0 Å². The molecule has 0 unspecified atom stereocenters. The first-order chi connectivity index (χ1) is 13.6. The van der Waals surface area contributed by atoms with Gasteiger partial charge in [-0.2, -0.15) is 5.48 Å². The van der Waals surface area contributed by atoms with E-state index in [-0.39, 0.29) is 16.4 Å². The third-order valence-electron chi connectivity index (χ3n) is 4.54. The van der Waals surface area contributed by atoms with Crippen LogP contribution in [0, 0.1) is 0 Å². The maximum Gasteiger partial charge on any atom is 0.242 e. The summed E-state index contributed by atoms with van der Waals surface area (Å²) in [6.07, 6.45) is 0. The number of hydroxylamine groups is 1. The molecule has 0 spiro atoms. The summed E-state index contributed by atoms with van der Waals surface area (Å²) in [5, 5.41) is 12.5. The quantitative estimate of drug-likeness (QED) is 0.507. The Morgan fingerprint density at radius 3 is 2.34 bits per heavy atom. The third-order valence-corrected chi connectivity index (χ3v) is 8.88. The van der Waals surface area contributed by atoms with Gasteiger partial charge in [-0.25, -0.2) is 21.1 Å². The van der Waals surface area contributed by atoms with Gasteiger partial charge in [-0.1, -0.05) is 18.2 Å². The van der Waals surface area contributed by atoms with E-state index in [1.807, 2.05) is 29.1 Å². The number of fused-ring (bicyclic) bond motifs is 1. The Morgan fingerprint density at radius 2 is 1.72 bits per heavy atom. The lowest BCUT2D eigenvalue weighted by Crippen LogP contribution is -2.27. The summed E-state index contributed by atoms with van der Waals surface area (Å²) in [5.41, 5.74) is 3.18. The molecule has 0 aliphatic rings. The second-order valence-electron chi connectivity index (χ2n) is 6.89. The average molecular weight is 455 g/mol. The van der Waals surface area contributed by atoms with E-state index < -0.39 is 25.9 Å². The lowest BCUT2D eigenvalue weighted by Gasteiger charge is -2.17. The van der Waals surface area contributed by atoms with Crippen LogP contribution in [0.1, 0.15) is 17.2 Å². The first kappa shape index (κ1) is 21.9. The van der Waals surface area contributed by atoms with Gasteiger partial charge in [0.2, 0.25) is 10.0 Å². The van der Waals surface area contributed by atoms with E-state index in [9.17, 15) is 22.0 Å². The van der Waals surface area contributed by atoms with Gasteiger partial charge in [-0.15, -0.1) is 11.3 Å². The smallest absolute Gasteiger partial charge is 0.242 e. The number of benzene rings is 2. The molecule has 156 valence electrons. The molecule has 0 aliphatic carbocycles. The van der Waals surface area contributed by atoms with Gasteiger partial charge < -0.3 is 5.21 Å². The van der Waals surface area contributed by atoms with Crippen LogP contribution < -0.4 is 5.48 Å². The van der Waals surface area contributed by atoms with Crippen LogP contribution in [-0.2, 0) is 25.6 Å². The molecule has 1 atom stereocenters. The number of sulfonamides is 1. The predicted molar refractivity (Wildman–Crippen MR) is 114 cm³/mol. The van der Waals surface area contributed by atoms with E-state index in [1.165, 1.54) is 38.4 Å². The summed E-state index contributed by atoms with van der Waals surface area (Å²) < 4.78 is 51.9. The van der Waals surface area contributed by atoms with E-state index in [4.69, 9.17) is 0 Å². The molecule has 7 nitrogen and oxygen atoms in total. The first-order valence-electron chi connectivity index (χ1n) is 8.71. The van der Waals surface area contributed by atoms with Crippen LogP contribution in [0.3, 0.4) is 0 Å². The van der Waals surface area contributed by atoms with Gasteiger partial charge >= 0.3 is 0 Å². The van der Waals surface area contributed by atoms with E-state index in [2.05, 4.69) is 0 Å². The SMILES string of the molecule is CN(C)S(=O)(=O)c1ccc([C@@H](CS(=O)(=O)Cc2ccc3sccc3c2)NO)cc1. The fraction of sp³-hybridized carbons (Fsp3) is 0.263. The van der Waals surface area contributed by atoms with Gasteiger partial charge in [0.1, 0.15) is 0 Å². The Bertz CT molecular complexity index is 1200. The highest BCUT2D eigenvalue weighted by atomic mass is 32.2. The van der Waals surface area contributed by atoms with Crippen molar-refractivity contribution in [1.29, 1.82) is 0 Å². The maximum absolute atomic E-state index is 12.7. The van der Waals surface area contributed by atoms with Crippen molar-refractivity contribution in [3.05, 3.63) is 65.0 Å². The number of hydrogen-bond acceptors (Lipinski definition) is 7. The Hall–Kier alpha value is -1.82. The van der Waals surface area contributed by atoms with Crippen LogP contribution >= 0.6 is 11.3 Å². The van der Waals surface area contributed by atoms with Gasteiger partial charge in [0, 0.05) is 18.8 Å². The van der Waals surface area contributed by atoms with Gasteiger partial charge in [-0.05, 0) is 52.2 Å². The van der Waals surface area contributed by atoms with Crippen LogP contribution in [0.15, 0.2) is 58.8 Å². The molecule has 1 aromatic heterocycles. The lowest BCUT2D eigenvalue weighted by molar-refractivity contribution is 0.134. The summed E-state index contributed by atoms with van der Waals surface area (Å²) >= 11 is 1.59. The lowest BCUT2D eigenvalue weighted by atomic mass is 10.1. The molecule has 3 rings (SSSR count). The van der Waals surface area contributed by atoms with Crippen molar-refractivity contribution in [3.8, 4) is 0 Å².